The summed E-state index contributed by atoms with van der Waals surface area (Å²) in [6.07, 6.45) is -0.220. The molecule has 2 saturated heterocycles. The number of ether oxygens (including phenoxy) is 2. The van der Waals surface area contributed by atoms with Crippen molar-refractivity contribution in [2.45, 2.75) is 6.10 Å². The summed E-state index contributed by atoms with van der Waals surface area (Å²) in [7, 11) is 5.39. The first-order chi connectivity index (χ1) is 9.15. The monoisotopic (exact) mass is 265 g/mol. The second-order valence-corrected chi connectivity index (χ2v) is 5.11. The van der Waals surface area contributed by atoms with Crippen molar-refractivity contribution in [3.05, 3.63) is 23.8 Å². The Kier molecular flexibility index (Phi) is 3.45. The summed E-state index contributed by atoms with van der Waals surface area (Å²) in [5, 5.41) is 3.27. The van der Waals surface area contributed by atoms with E-state index in [4.69, 9.17) is 17.3 Å². The quantitative estimate of drug-likeness (QED) is 0.784. The maximum absolute atomic E-state index is 13.8. The molecule has 0 aliphatic carbocycles. The summed E-state index contributed by atoms with van der Waals surface area (Å²) >= 11 is 0. The fraction of sp³-hybridized carbons (Fsp3) is 0.538. The number of fused-ring (bicyclic) bond motifs is 2. The standard InChI is InChI=1S/C13H14BF2NO2/c14-9-1-10(15)13(11(16)2-9)19-12-7-3-17-4-8(12)6-18-5-7/h1-2,7-8,12,17H,3-6H2. The van der Waals surface area contributed by atoms with E-state index in [-0.39, 0.29) is 29.2 Å². The molecular formula is C13H14BF2NO2. The maximum atomic E-state index is 13.8. The van der Waals surface area contributed by atoms with E-state index in [1.54, 1.807) is 0 Å². The van der Waals surface area contributed by atoms with Crippen LogP contribution in [-0.2, 0) is 4.74 Å². The van der Waals surface area contributed by atoms with Crippen LogP contribution in [0, 0.1) is 23.5 Å². The van der Waals surface area contributed by atoms with Gasteiger partial charge in [-0.05, 0) is 12.1 Å². The van der Waals surface area contributed by atoms with E-state index in [1.807, 2.05) is 0 Å². The normalized spacial score (nSPS) is 30.1. The Labute approximate surface area is 111 Å². The molecule has 1 aromatic carbocycles. The molecule has 2 aliphatic heterocycles. The van der Waals surface area contributed by atoms with Gasteiger partial charge in [0.1, 0.15) is 14.0 Å². The van der Waals surface area contributed by atoms with E-state index in [0.717, 1.165) is 25.2 Å². The van der Waals surface area contributed by atoms with Crippen LogP contribution in [-0.4, -0.2) is 40.3 Å². The lowest BCUT2D eigenvalue weighted by Gasteiger charge is -2.42. The average Bonchev–Trinajstić information content (AvgIpc) is 2.33. The highest BCUT2D eigenvalue weighted by molar-refractivity contribution is 6.32. The Morgan fingerprint density at radius 2 is 1.74 bits per heavy atom. The van der Waals surface area contributed by atoms with Gasteiger partial charge in [-0.3, -0.25) is 0 Å². The van der Waals surface area contributed by atoms with Gasteiger partial charge in [-0.15, -0.1) is 0 Å². The van der Waals surface area contributed by atoms with Gasteiger partial charge in [0, 0.05) is 24.9 Å². The Hall–Kier alpha value is -1.14. The van der Waals surface area contributed by atoms with Gasteiger partial charge in [0.15, 0.2) is 17.4 Å². The maximum Gasteiger partial charge on any atom is 0.191 e. The van der Waals surface area contributed by atoms with E-state index in [9.17, 15) is 8.78 Å². The first-order valence-corrected chi connectivity index (χ1v) is 6.35. The molecule has 2 fully saturated rings. The van der Waals surface area contributed by atoms with E-state index >= 15 is 0 Å². The molecule has 0 spiro atoms. The van der Waals surface area contributed by atoms with Crippen LogP contribution in [0.5, 0.6) is 5.75 Å². The lowest BCUT2D eigenvalue weighted by molar-refractivity contribution is -0.0841. The summed E-state index contributed by atoms with van der Waals surface area (Å²) in [5.41, 5.74) is 0.0520. The van der Waals surface area contributed by atoms with Crippen molar-refractivity contribution < 1.29 is 18.3 Å². The summed E-state index contributed by atoms with van der Waals surface area (Å²) in [6.45, 7) is 2.57. The molecule has 2 atom stereocenters. The molecular weight excluding hydrogens is 251 g/mol. The Morgan fingerprint density at radius 3 is 2.32 bits per heavy atom. The highest BCUT2D eigenvalue weighted by Crippen LogP contribution is 2.30. The molecule has 0 aromatic heterocycles. The predicted octanol–water partition coefficient (Wildman–Crippen LogP) is 0.372. The van der Waals surface area contributed by atoms with E-state index in [2.05, 4.69) is 5.32 Å². The average molecular weight is 265 g/mol. The molecule has 19 heavy (non-hydrogen) atoms. The summed E-state index contributed by atoms with van der Waals surface area (Å²) in [4.78, 5) is 0. The minimum absolute atomic E-state index is 0.0520. The number of halogens is 2. The molecule has 1 N–H and O–H groups in total. The number of benzene rings is 1. The first-order valence-electron chi connectivity index (χ1n) is 6.35. The van der Waals surface area contributed by atoms with Crippen LogP contribution in [0.25, 0.3) is 0 Å². The van der Waals surface area contributed by atoms with Gasteiger partial charge >= 0.3 is 0 Å². The first kappa shape index (κ1) is 12.9. The van der Waals surface area contributed by atoms with Crippen molar-refractivity contribution in [1.82, 2.24) is 5.32 Å². The molecule has 1 aromatic rings. The molecule has 0 amide bonds. The third-order valence-electron chi connectivity index (χ3n) is 3.68. The second-order valence-electron chi connectivity index (χ2n) is 5.11. The molecule has 0 saturated carbocycles. The van der Waals surface area contributed by atoms with Crippen LogP contribution >= 0.6 is 0 Å². The molecule has 2 unspecified atom stereocenters. The van der Waals surface area contributed by atoms with Crippen LogP contribution in [0.3, 0.4) is 0 Å². The van der Waals surface area contributed by atoms with Crippen LogP contribution in [0.1, 0.15) is 0 Å². The molecule has 2 aliphatic rings. The van der Waals surface area contributed by atoms with Crippen molar-refractivity contribution in [2.24, 2.45) is 11.8 Å². The lowest BCUT2D eigenvalue weighted by Crippen LogP contribution is -2.56. The minimum atomic E-state index is -0.755. The molecule has 2 bridgehead atoms. The van der Waals surface area contributed by atoms with Crippen LogP contribution in [0.4, 0.5) is 8.78 Å². The number of piperidine rings is 1. The zero-order valence-corrected chi connectivity index (χ0v) is 10.4. The van der Waals surface area contributed by atoms with Gasteiger partial charge in [0.2, 0.25) is 0 Å². The summed E-state index contributed by atoms with van der Waals surface area (Å²) in [5.74, 6) is -1.62. The summed E-state index contributed by atoms with van der Waals surface area (Å²) in [6, 6.07) is 2.15. The van der Waals surface area contributed by atoms with Crippen LogP contribution in [0.2, 0.25) is 0 Å². The smallest absolute Gasteiger partial charge is 0.191 e. The zero-order valence-electron chi connectivity index (χ0n) is 10.4. The Bertz CT molecular complexity index is 441. The second kappa shape index (κ2) is 5.09. The lowest BCUT2D eigenvalue weighted by atomic mass is 9.85. The number of hydrogen-bond acceptors (Lipinski definition) is 3. The highest BCUT2D eigenvalue weighted by atomic mass is 19.1. The van der Waals surface area contributed by atoms with Gasteiger partial charge in [-0.1, -0.05) is 5.46 Å². The van der Waals surface area contributed by atoms with Crippen molar-refractivity contribution in [1.29, 1.82) is 0 Å². The van der Waals surface area contributed by atoms with E-state index < -0.39 is 11.6 Å². The van der Waals surface area contributed by atoms with Gasteiger partial charge in [0.05, 0.1) is 13.2 Å². The number of hydrogen-bond donors (Lipinski definition) is 1. The predicted molar refractivity (Wildman–Crippen MR) is 66.8 cm³/mol. The fourth-order valence-corrected chi connectivity index (χ4v) is 2.77. The van der Waals surface area contributed by atoms with Crippen molar-refractivity contribution in [2.75, 3.05) is 26.3 Å². The Morgan fingerprint density at radius 1 is 1.16 bits per heavy atom. The minimum Gasteiger partial charge on any atom is -0.483 e. The van der Waals surface area contributed by atoms with Crippen molar-refractivity contribution >= 4 is 13.3 Å². The van der Waals surface area contributed by atoms with Gasteiger partial charge in [-0.25, -0.2) is 8.78 Å². The third kappa shape index (κ3) is 2.47. The molecule has 2 radical (unpaired) electrons. The van der Waals surface area contributed by atoms with Crippen LogP contribution < -0.4 is 15.5 Å². The highest BCUT2D eigenvalue weighted by Gasteiger charge is 2.39. The summed E-state index contributed by atoms with van der Waals surface area (Å²) < 4.78 is 38.6. The van der Waals surface area contributed by atoms with Gasteiger partial charge < -0.3 is 14.8 Å². The fourth-order valence-electron chi connectivity index (χ4n) is 2.77. The van der Waals surface area contributed by atoms with Crippen molar-refractivity contribution in [3.8, 4) is 5.75 Å². The molecule has 3 rings (SSSR count). The van der Waals surface area contributed by atoms with Gasteiger partial charge in [0.25, 0.3) is 0 Å². The topological polar surface area (TPSA) is 30.5 Å². The van der Waals surface area contributed by atoms with Crippen molar-refractivity contribution in [3.63, 3.8) is 0 Å². The molecule has 3 nitrogen and oxygen atoms in total. The molecule has 2 heterocycles. The third-order valence-corrected chi connectivity index (χ3v) is 3.68. The van der Waals surface area contributed by atoms with E-state index in [1.165, 1.54) is 0 Å². The Balaban J connectivity index is 1.85. The largest absolute Gasteiger partial charge is 0.483 e. The van der Waals surface area contributed by atoms with Crippen LogP contribution in [0.15, 0.2) is 12.1 Å². The van der Waals surface area contributed by atoms with E-state index in [0.29, 0.717) is 13.2 Å². The number of rotatable bonds is 2. The van der Waals surface area contributed by atoms with Gasteiger partial charge in [-0.2, -0.15) is 0 Å². The molecule has 6 heteroatoms. The molecule has 100 valence electrons. The number of nitrogens with one attached hydrogen (secondary N) is 1. The SMILES string of the molecule is [B]c1cc(F)c(OC2C3CNCC2COC3)c(F)c1. The zero-order chi connectivity index (χ0) is 13.4.